The van der Waals surface area contributed by atoms with Gasteiger partial charge in [0.25, 0.3) is 0 Å². The number of carboxylic acids is 1. The van der Waals surface area contributed by atoms with Crippen molar-refractivity contribution in [1.82, 2.24) is 14.5 Å². The topological polar surface area (TPSA) is 98.5 Å². The average Bonchev–Trinajstić information content (AvgIpc) is 3.33. The SMILES string of the molecule is COCCn1c(Cc2ccc(-c3cccc(OCc4ccccc4NSC)n3)cc2F)nc2ccc(C(=O)O)cc21. The van der Waals surface area contributed by atoms with Gasteiger partial charge in [0.05, 0.1) is 34.6 Å². The number of halogens is 1. The van der Waals surface area contributed by atoms with Crippen molar-refractivity contribution < 1.29 is 23.8 Å². The molecule has 0 bridgehead atoms. The number of fused-ring (bicyclic) bond motifs is 1. The number of hydrogen-bond donors (Lipinski definition) is 2. The molecule has 0 radical (unpaired) electrons. The highest BCUT2D eigenvalue weighted by Gasteiger charge is 2.16. The summed E-state index contributed by atoms with van der Waals surface area (Å²) in [6.07, 6.45) is 2.19. The molecule has 41 heavy (non-hydrogen) atoms. The smallest absolute Gasteiger partial charge is 0.335 e. The molecule has 5 aromatic rings. The molecule has 0 saturated heterocycles. The van der Waals surface area contributed by atoms with E-state index in [1.165, 1.54) is 24.1 Å². The lowest BCUT2D eigenvalue weighted by atomic mass is 10.1. The van der Waals surface area contributed by atoms with Crippen molar-refractivity contribution in [2.75, 3.05) is 24.7 Å². The van der Waals surface area contributed by atoms with Crippen molar-refractivity contribution in [1.29, 1.82) is 0 Å². The molecule has 5 rings (SSSR count). The Morgan fingerprint density at radius 2 is 1.88 bits per heavy atom. The molecule has 3 aromatic carbocycles. The van der Waals surface area contributed by atoms with Crippen LogP contribution >= 0.6 is 11.9 Å². The molecule has 0 aliphatic carbocycles. The number of ether oxygens (including phenoxy) is 2. The van der Waals surface area contributed by atoms with Gasteiger partial charge in [-0.3, -0.25) is 0 Å². The highest BCUT2D eigenvalue weighted by atomic mass is 32.2. The van der Waals surface area contributed by atoms with E-state index >= 15 is 4.39 Å². The lowest BCUT2D eigenvalue weighted by Crippen LogP contribution is -2.10. The number of imidazole rings is 1. The number of hydrogen-bond acceptors (Lipinski definition) is 7. The van der Waals surface area contributed by atoms with Crippen LogP contribution in [0.4, 0.5) is 10.1 Å². The number of para-hydroxylation sites is 1. The van der Waals surface area contributed by atoms with Crippen LogP contribution in [-0.2, 0) is 24.3 Å². The van der Waals surface area contributed by atoms with Crippen molar-refractivity contribution in [3.05, 3.63) is 107 Å². The maximum absolute atomic E-state index is 15.4. The van der Waals surface area contributed by atoms with E-state index in [2.05, 4.69) is 14.7 Å². The maximum Gasteiger partial charge on any atom is 0.335 e. The molecule has 210 valence electrons. The second-order valence-corrected chi connectivity index (χ2v) is 9.89. The Hall–Kier alpha value is -4.41. The summed E-state index contributed by atoms with van der Waals surface area (Å²) in [5, 5.41) is 9.42. The van der Waals surface area contributed by atoms with Gasteiger partial charge in [0, 0.05) is 43.5 Å². The largest absolute Gasteiger partial charge is 0.478 e. The third-order valence-corrected chi connectivity index (χ3v) is 7.04. The molecule has 0 atom stereocenters. The number of methoxy groups -OCH3 is 1. The van der Waals surface area contributed by atoms with E-state index in [1.807, 2.05) is 53.3 Å². The van der Waals surface area contributed by atoms with Crippen LogP contribution < -0.4 is 9.46 Å². The highest BCUT2D eigenvalue weighted by molar-refractivity contribution is 7.99. The molecule has 0 saturated carbocycles. The zero-order chi connectivity index (χ0) is 28.8. The van der Waals surface area contributed by atoms with Crippen molar-refractivity contribution >= 4 is 34.6 Å². The van der Waals surface area contributed by atoms with E-state index in [1.54, 1.807) is 31.4 Å². The maximum atomic E-state index is 15.4. The normalized spacial score (nSPS) is 11.1. The van der Waals surface area contributed by atoms with Crippen LogP contribution in [0.3, 0.4) is 0 Å². The van der Waals surface area contributed by atoms with Crippen molar-refractivity contribution in [3.63, 3.8) is 0 Å². The Labute approximate surface area is 241 Å². The number of benzene rings is 3. The lowest BCUT2D eigenvalue weighted by Gasteiger charge is -2.12. The van der Waals surface area contributed by atoms with Crippen molar-refractivity contribution in [2.45, 2.75) is 19.6 Å². The predicted molar refractivity (Wildman–Crippen MR) is 159 cm³/mol. The number of anilines is 1. The highest BCUT2D eigenvalue weighted by Crippen LogP contribution is 2.26. The molecule has 2 aromatic heterocycles. The van der Waals surface area contributed by atoms with Gasteiger partial charge >= 0.3 is 5.97 Å². The van der Waals surface area contributed by atoms with Gasteiger partial charge in [0.2, 0.25) is 5.88 Å². The monoisotopic (exact) mass is 572 g/mol. The Bertz CT molecular complexity index is 1690. The molecule has 0 unspecified atom stereocenters. The number of aromatic nitrogens is 3. The standard InChI is InChI=1S/C31H29FN4O4S/c1-39-15-14-36-28-17-22(31(37)38)12-13-27(28)33-29(36)18-20-10-11-21(16-24(20)32)25-8-5-9-30(34-25)40-19-23-6-3-4-7-26(23)35-41-2/h3-13,16-17,35H,14-15,18-19H2,1-2H3,(H,37,38). The van der Waals surface area contributed by atoms with Crippen LogP contribution in [0.25, 0.3) is 22.3 Å². The fourth-order valence-electron chi connectivity index (χ4n) is 4.56. The van der Waals surface area contributed by atoms with Crippen LogP contribution in [0.1, 0.15) is 27.3 Å². The minimum atomic E-state index is -1.02. The molecule has 0 fully saturated rings. The van der Waals surface area contributed by atoms with Crippen LogP contribution in [0.2, 0.25) is 0 Å². The molecule has 10 heteroatoms. The predicted octanol–water partition coefficient (Wildman–Crippen LogP) is 6.44. The zero-order valence-corrected chi connectivity index (χ0v) is 23.5. The number of aromatic carboxylic acids is 1. The zero-order valence-electron chi connectivity index (χ0n) is 22.6. The first kappa shape index (κ1) is 28.1. The lowest BCUT2D eigenvalue weighted by molar-refractivity contribution is 0.0697. The van der Waals surface area contributed by atoms with Crippen LogP contribution in [0.15, 0.2) is 78.9 Å². The second kappa shape index (κ2) is 12.8. The molecule has 0 aliphatic heterocycles. The summed E-state index contributed by atoms with van der Waals surface area (Å²) in [4.78, 5) is 20.8. The molecule has 0 aliphatic rings. The number of nitrogens with zero attached hydrogens (tertiary/aromatic N) is 3. The first-order valence-corrected chi connectivity index (χ1v) is 14.2. The number of carbonyl (C=O) groups is 1. The van der Waals surface area contributed by atoms with Crippen molar-refractivity contribution in [3.8, 4) is 17.1 Å². The number of pyridine rings is 1. The summed E-state index contributed by atoms with van der Waals surface area (Å²) >= 11 is 1.51. The van der Waals surface area contributed by atoms with Crippen LogP contribution in [0.5, 0.6) is 5.88 Å². The molecule has 0 amide bonds. The summed E-state index contributed by atoms with van der Waals surface area (Å²) in [5.74, 6) is -0.339. The van der Waals surface area contributed by atoms with E-state index < -0.39 is 5.97 Å². The van der Waals surface area contributed by atoms with E-state index in [-0.39, 0.29) is 17.8 Å². The Kier molecular flexibility index (Phi) is 8.81. The fraction of sp³-hybridized carbons (Fsp3) is 0.194. The Balaban J connectivity index is 1.36. The first-order valence-electron chi connectivity index (χ1n) is 12.9. The third-order valence-electron chi connectivity index (χ3n) is 6.62. The first-order chi connectivity index (χ1) is 20.0. The Morgan fingerprint density at radius 1 is 1.02 bits per heavy atom. The van der Waals surface area contributed by atoms with Crippen LogP contribution in [-0.4, -0.2) is 45.6 Å². The summed E-state index contributed by atoms with van der Waals surface area (Å²) in [7, 11) is 1.59. The third kappa shape index (κ3) is 6.50. The number of rotatable bonds is 12. The van der Waals surface area contributed by atoms with Crippen molar-refractivity contribution in [2.24, 2.45) is 0 Å². The Morgan fingerprint density at radius 3 is 2.66 bits per heavy atom. The summed E-state index contributed by atoms with van der Waals surface area (Å²) in [6.45, 7) is 1.20. The summed E-state index contributed by atoms with van der Waals surface area (Å²) in [5.41, 5.74) is 5.14. The van der Waals surface area contributed by atoms with E-state index in [0.29, 0.717) is 59.3 Å². The fourth-order valence-corrected chi connectivity index (χ4v) is 4.98. The van der Waals surface area contributed by atoms with E-state index in [9.17, 15) is 9.90 Å². The van der Waals surface area contributed by atoms with Gasteiger partial charge in [-0.25, -0.2) is 19.2 Å². The molecular weight excluding hydrogens is 543 g/mol. The second-order valence-electron chi connectivity index (χ2n) is 9.28. The quantitative estimate of drug-likeness (QED) is 0.165. The molecule has 8 nitrogen and oxygen atoms in total. The van der Waals surface area contributed by atoms with E-state index in [0.717, 1.165) is 11.3 Å². The van der Waals surface area contributed by atoms with Gasteiger partial charge in [-0.05, 0) is 42.0 Å². The molecule has 0 spiro atoms. The van der Waals surface area contributed by atoms with Gasteiger partial charge in [0.15, 0.2) is 0 Å². The van der Waals surface area contributed by atoms with Gasteiger partial charge < -0.3 is 23.9 Å². The van der Waals surface area contributed by atoms with Crippen LogP contribution in [0, 0.1) is 5.82 Å². The van der Waals surface area contributed by atoms with E-state index in [4.69, 9.17) is 9.47 Å². The number of nitrogens with one attached hydrogen (secondary N) is 1. The van der Waals surface area contributed by atoms with Gasteiger partial charge in [-0.15, -0.1) is 0 Å². The number of carboxylic acid groups (broad SMARTS) is 1. The minimum Gasteiger partial charge on any atom is -0.478 e. The molecule has 2 N–H and O–H groups in total. The minimum absolute atomic E-state index is 0.165. The summed E-state index contributed by atoms with van der Waals surface area (Å²) < 4.78 is 31.7. The molecular formula is C31H29FN4O4S. The average molecular weight is 573 g/mol. The van der Waals surface area contributed by atoms with Gasteiger partial charge in [-0.1, -0.05) is 48.3 Å². The summed E-state index contributed by atoms with van der Waals surface area (Å²) in [6, 6.07) is 23.1. The molecule has 2 heterocycles. The van der Waals surface area contributed by atoms with Gasteiger partial charge in [0.1, 0.15) is 18.2 Å². The van der Waals surface area contributed by atoms with Gasteiger partial charge in [-0.2, -0.15) is 0 Å².